The number of oxazole rings is 1. The van der Waals surface area contributed by atoms with Crippen LogP contribution in [0.25, 0.3) is 11.0 Å². The van der Waals surface area contributed by atoms with E-state index in [4.69, 9.17) is 14.1 Å². The summed E-state index contributed by atoms with van der Waals surface area (Å²) < 4.78 is 10.6. The standard InChI is InChI=1S/C16H12N4O3/c1-9-3-4-14-12(5-9)15(21)11(8-22-14)7-18-20-16-13(6-17)19-10(2)23-16/h3-5,7-8,20H,1-2H3/b18-7-. The number of fused-ring (bicyclic) bond motifs is 1. The largest absolute Gasteiger partial charge is 0.463 e. The van der Waals surface area contributed by atoms with Crippen LogP contribution in [0.1, 0.15) is 22.7 Å². The van der Waals surface area contributed by atoms with E-state index in [1.54, 1.807) is 19.1 Å². The number of rotatable bonds is 3. The van der Waals surface area contributed by atoms with Crippen LogP contribution in [0.5, 0.6) is 0 Å². The summed E-state index contributed by atoms with van der Waals surface area (Å²) in [4.78, 5) is 16.3. The van der Waals surface area contributed by atoms with Gasteiger partial charge in [-0.05, 0) is 19.1 Å². The molecule has 0 unspecified atom stereocenters. The molecule has 0 saturated heterocycles. The zero-order chi connectivity index (χ0) is 16.4. The molecule has 2 aromatic heterocycles. The van der Waals surface area contributed by atoms with Gasteiger partial charge >= 0.3 is 0 Å². The van der Waals surface area contributed by atoms with Crippen LogP contribution in [0.4, 0.5) is 5.88 Å². The molecule has 0 saturated carbocycles. The number of nitrogens with zero attached hydrogens (tertiary/aromatic N) is 3. The summed E-state index contributed by atoms with van der Waals surface area (Å²) >= 11 is 0. The van der Waals surface area contributed by atoms with E-state index in [1.807, 2.05) is 19.1 Å². The van der Waals surface area contributed by atoms with E-state index in [9.17, 15) is 4.79 Å². The third kappa shape index (κ3) is 2.82. The molecule has 0 fully saturated rings. The molecule has 114 valence electrons. The smallest absolute Gasteiger partial charge is 0.252 e. The minimum absolute atomic E-state index is 0.0980. The molecule has 3 rings (SSSR count). The first-order valence-corrected chi connectivity index (χ1v) is 6.77. The van der Waals surface area contributed by atoms with E-state index in [-0.39, 0.29) is 22.6 Å². The molecule has 1 aromatic carbocycles. The van der Waals surface area contributed by atoms with E-state index < -0.39 is 0 Å². The highest BCUT2D eigenvalue weighted by atomic mass is 16.4. The topological polar surface area (TPSA) is 104 Å². The van der Waals surface area contributed by atoms with Gasteiger partial charge in [-0.3, -0.25) is 4.79 Å². The van der Waals surface area contributed by atoms with Crippen molar-refractivity contribution in [2.45, 2.75) is 13.8 Å². The molecule has 23 heavy (non-hydrogen) atoms. The summed E-state index contributed by atoms with van der Waals surface area (Å²) in [5.41, 5.74) is 4.24. The van der Waals surface area contributed by atoms with Crippen molar-refractivity contribution in [2.24, 2.45) is 5.10 Å². The number of nitriles is 1. The number of benzene rings is 1. The lowest BCUT2D eigenvalue weighted by Crippen LogP contribution is -2.08. The number of nitrogens with one attached hydrogen (secondary N) is 1. The second-order valence-electron chi connectivity index (χ2n) is 4.91. The summed E-state index contributed by atoms with van der Waals surface area (Å²) in [6.07, 6.45) is 2.65. The summed E-state index contributed by atoms with van der Waals surface area (Å²) in [5, 5.41) is 13.3. The Kier molecular flexibility index (Phi) is 3.65. The highest BCUT2D eigenvalue weighted by Gasteiger charge is 2.09. The second-order valence-corrected chi connectivity index (χ2v) is 4.91. The Labute approximate surface area is 130 Å². The van der Waals surface area contributed by atoms with Gasteiger partial charge in [0.15, 0.2) is 5.89 Å². The lowest BCUT2D eigenvalue weighted by molar-refractivity contribution is 0.533. The summed E-state index contributed by atoms with van der Waals surface area (Å²) in [7, 11) is 0. The number of aryl methyl sites for hydroxylation is 2. The Morgan fingerprint density at radius 3 is 3.00 bits per heavy atom. The summed E-state index contributed by atoms with van der Waals surface area (Å²) in [6, 6.07) is 7.27. The van der Waals surface area contributed by atoms with Gasteiger partial charge in [-0.15, -0.1) is 0 Å². The van der Waals surface area contributed by atoms with Gasteiger partial charge < -0.3 is 8.83 Å². The minimum atomic E-state index is -0.185. The number of hydrazone groups is 1. The maximum atomic E-state index is 12.4. The van der Waals surface area contributed by atoms with Crippen LogP contribution in [0.15, 0.2) is 43.2 Å². The first-order valence-electron chi connectivity index (χ1n) is 6.77. The normalized spacial score (nSPS) is 11.0. The van der Waals surface area contributed by atoms with Crippen LogP contribution in [0, 0.1) is 25.2 Å². The van der Waals surface area contributed by atoms with Crippen LogP contribution in [-0.2, 0) is 0 Å². The maximum absolute atomic E-state index is 12.4. The van der Waals surface area contributed by atoms with E-state index in [0.29, 0.717) is 16.9 Å². The fraction of sp³-hybridized carbons (Fsp3) is 0.125. The van der Waals surface area contributed by atoms with Gasteiger partial charge in [0.25, 0.3) is 5.88 Å². The van der Waals surface area contributed by atoms with Crippen molar-refractivity contribution in [3.05, 3.63) is 57.4 Å². The van der Waals surface area contributed by atoms with Crippen molar-refractivity contribution in [1.29, 1.82) is 5.26 Å². The fourth-order valence-electron chi connectivity index (χ4n) is 2.09. The van der Waals surface area contributed by atoms with Gasteiger partial charge in [-0.25, -0.2) is 10.4 Å². The van der Waals surface area contributed by atoms with E-state index in [1.165, 1.54) is 12.5 Å². The molecule has 0 atom stereocenters. The third-order valence-electron chi connectivity index (χ3n) is 3.16. The van der Waals surface area contributed by atoms with Crippen molar-refractivity contribution < 1.29 is 8.83 Å². The lowest BCUT2D eigenvalue weighted by Gasteiger charge is -1.99. The predicted molar refractivity (Wildman–Crippen MR) is 84.4 cm³/mol. The molecule has 0 amide bonds. The molecule has 0 radical (unpaired) electrons. The zero-order valence-electron chi connectivity index (χ0n) is 12.5. The molecule has 0 aliphatic heterocycles. The van der Waals surface area contributed by atoms with Crippen LogP contribution in [-0.4, -0.2) is 11.2 Å². The molecule has 0 aliphatic carbocycles. The van der Waals surface area contributed by atoms with Gasteiger partial charge in [-0.1, -0.05) is 11.6 Å². The molecule has 1 N–H and O–H groups in total. The summed E-state index contributed by atoms with van der Waals surface area (Å²) in [6.45, 7) is 3.52. The second kappa shape index (κ2) is 5.77. The first kappa shape index (κ1) is 14.5. The van der Waals surface area contributed by atoms with Gasteiger partial charge in [0.1, 0.15) is 17.9 Å². The maximum Gasteiger partial charge on any atom is 0.252 e. The van der Waals surface area contributed by atoms with Gasteiger partial charge in [-0.2, -0.15) is 10.4 Å². The minimum Gasteiger partial charge on any atom is -0.463 e. The quantitative estimate of drug-likeness (QED) is 0.589. The molecular formula is C16H12N4O3. The van der Waals surface area contributed by atoms with Crippen LogP contribution in [0.3, 0.4) is 0 Å². The number of hydrogen-bond donors (Lipinski definition) is 1. The molecule has 7 heteroatoms. The Bertz CT molecular complexity index is 1010. The monoisotopic (exact) mass is 308 g/mol. The molecule has 2 heterocycles. The van der Waals surface area contributed by atoms with Crippen LogP contribution in [0.2, 0.25) is 0 Å². The van der Waals surface area contributed by atoms with Crippen molar-refractivity contribution in [1.82, 2.24) is 4.98 Å². The SMILES string of the molecule is Cc1ccc2occ(/C=N\Nc3oc(C)nc3C#N)c(=O)c2c1. The predicted octanol–water partition coefficient (Wildman–Crippen LogP) is 2.72. The molecule has 3 aromatic rings. The average Bonchev–Trinajstić information content (AvgIpc) is 2.90. The zero-order valence-corrected chi connectivity index (χ0v) is 12.5. The van der Waals surface area contributed by atoms with Crippen molar-refractivity contribution >= 4 is 23.1 Å². The fourth-order valence-corrected chi connectivity index (χ4v) is 2.09. The number of anilines is 1. The molecule has 0 aliphatic rings. The molecular weight excluding hydrogens is 296 g/mol. The van der Waals surface area contributed by atoms with Crippen LogP contribution < -0.4 is 10.9 Å². The number of hydrogen-bond acceptors (Lipinski definition) is 7. The van der Waals surface area contributed by atoms with Gasteiger partial charge in [0.05, 0.1) is 17.2 Å². The Morgan fingerprint density at radius 1 is 1.39 bits per heavy atom. The van der Waals surface area contributed by atoms with Gasteiger partial charge in [0, 0.05) is 6.92 Å². The highest BCUT2D eigenvalue weighted by Crippen LogP contribution is 2.16. The Morgan fingerprint density at radius 2 is 2.22 bits per heavy atom. The van der Waals surface area contributed by atoms with Crippen molar-refractivity contribution in [2.75, 3.05) is 5.43 Å². The molecule has 0 bridgehead atoms. The Balaban J connectivity index is 1.91. The molecule has 0 spiro atoms. The van der Waals surface area contributed by atoms with E-state index in [0.717, 1.165) is 5.56 Å². The van der Waals surface area contributed by atoms with Crippen molar-refractivity contribution in [3.63, 3.8) is 0 Å². The molecule has 7 nitrogen and oxygen atoms in total. The summed E-state index contributed by atoms with van der Waals surface area (Å²) in [5.74, 6) is 0.474. The first-order chi connectivity index (χ1) is 11.1. The van der Waals surface area contributed by atoms with E-state index in [2.05, 4.69) is 15.5 Å². The van der Waals surface area contributed by atoms with E-state index >= 15 is 0 Å². The Hall–Kier alpha value is -3.40. The van der Waals surface area contributed by atoms with Gasteiger partial charge in [0.2, 0.25) is 11.1 Å². The number of aromatic nitrogens is 1. The highest BCUT2D eigenvalue weighted by molar-refractivity contribution is 5.86. The lowest BCUT2D eigenvalue weighted by atomic mass is 10.1. The average molecular weight is 308 g/mol. The van der Waals surface area contributed by atoms with Crippen molar-refractivity contribution in [3.8, 4) is 6.07 Å². The van der Waals surface area contributed by atoms with Crippen LogP contribution >= 0.6 is 0 Å². The third-order valence-corrected chi connectivity index (χ3v) is 3.16.